The van der Waals surface area contributed by atoms with Gasteiger partial charge in [0.2, 0.25) is 5.88 Å². The van der Waals surface area contributed by atoms with Crippen LogP contribution in [-0.2, 0) is 0 Å². The van der Waals surface area contributed by atoms with Gasteiger partial charge in [0.15, 0.2) is 6.61 Å². The molecule has 2 rings (SSSR count). The SMILES string of the molecule is O=C(O)c1cnc(OCC(F)(F)C(F)F)c2ccccc12. The Balaban J connectivity index is 2.38. The molecule has 0 saturated carbocycles. The fraction of sp³-hybridized carbons (Fsp3) is 0.231. The van der Waals surface area contributed by atoms with E-state index in [1.165, 1.54) is 18.2 Å². The monoisotopic (exact) mass is 303 g/mol. The number of hydrogen-bond acceptors (Lipinski definition) is 3. The van der Waals surface area contributed by atoms with Gasteiger partial charge >= 0.3 is 18.3 Å². The predicted octanol–water partition coefficient (Wildman–Crippen LogP) is 3.21. The van der Waals surface area contributed by atoms with Crippen LogP contribution in [0.1, 0.15) is 10.4 Å². The Morgan fingerprint density at radius 2 is 1.90 bits per heavy atom. The minimum Gasteiger partial charge on any atom is -0.478 e. The standard InChI is InChI=1S/C13H9F4NO3/c14-12(15)13(16,17)6-21-10-8-4-2-1-3-7(8)9(5-18-10)11(19)20/h1-5,12H,6H2,(H,19,20). The molecule has 0 aliphatic heterocycles. The lowest BCUT2D eigenvalue weighted by atomic mass is 10.1. The highest BCUT2D eigenvalue weighted by Crippen LogP contribution is 2.29. The lowest BCUT2D eigenvalue weighted by molar-refractivity contribution is -0.148. The van der Waals surface area contributed by atoms with E-state index in [-0.39, 0.29) is 22.2 Å². The van der Waals surface area contributed by atoms with Crippen molar-refractivity contribution in [1.82, 2.24) is 4.98 Å². The zero-order valence-electron chi connectivity index (χ0n) is 10.4. The van der Waals surface area contributed by atoms with Gasteiger partial charge in [-0.05, 0) is 6.07 Å². The summed E-state index contributed by atoms with van der Waals surface area (Å²) < 4.78 is 54.5. The van der Waals surface area contributed by atoms with E-state index < -0.39 is 24.9 Å². The van der Waals surface area contributed by atoms with Gasteiger partial charge in [-0.2, -0.15) is 8.78 Å². The summed E-state index contributed by atoms with van der Waals surface area (Å²) in [6, 6.07) is 5.92. The Morgan fingerprint density at radius 3 is 2.48 bits per heavy atom. The molecule has 1 N–H and O–H groups in total. The van der Waals surface area contributed by atoms with E-state index in [0.29, 0.717) is 0 Å². The second-order valence-corrected chi connectivity index (χ2v) is 4.18. The van der Waals surface area contributed by atoms with Crippen molar-refractivity contribution in [2.24, 2.45) is 0 Å². The maximum Gasteiger partial charge on any atom is 0.340 e. The molecular formula is C13H9F4NO3. The van der Waals surface area contributed by atoms with Crippen molar-refractivity contribution < 1.29 is 32.2 Å². The molecule has 1 aromatic carbocycles. The molecule has 112 valence electrons. The Morgan fingerprint density at radius 1 is 1.29 bits per heavy atom. The van der Waals surface area contributed by atoms with Gasteiger partial charge in [0.05, 0.1) is 5.56 Å². The quantitative estimate of drug-likeness (QED) is 0.862. The summed E-state index contributed by atoms with van der Waals surface area (Å²) in [5, 5.41) is 9.38. The number of carbonyl (C=O) groups is 1. The van der Waals surface area contributed by atoms with Gasteiger partial charge in [0.25, 0.3) is 0 Å². The van der Waals surface area contributed by atoms with Crippen LogP contribution in [0.4, 0.5) is 17.6 Å². The largest absolute Gasteiger partial charge is 0.478 e. The molecule has 0 amide bonds. The Hall–Kier alpha value is -2.38. The maximum atomic E-state index is 12.8. The van der Waals surface area contributed by atoms with E-state index in [4.69, 9.17) is 5.11 Å². The highest BCUT2D eigenvalue weighted by atomic mass is 19.3. The number of alkyl halides is 4. The predicted molar refractivity (Wildman–Crippen MR) is 65.1 cm³/mol. The van der Waals surface area contributed by atoms with Gasteiger partial charge in [-0.1, -0.05) is 18.2 Å². The van der Waals surface area contributed by atoms with E-state index in [2.05, 4.69) is 9.72 Å². The van der Waals surface area contributed by atoms with Crippen LogP contribution in [0.25, 0.3) is 10.8 Å². The molecule has 0 fully saturated rings. The van der Waals surface area contributed by atoms with E-state index in [1.54, 1.807) is 6.07 Å². The molecule has 0 atom stereocenters. The lowest BCUT2D eigenvalue weighted by Gasteiger charge is -2.16. The van der Waals surface area contributed by atoms with Gasteiger partial charge in [-0.3, -0.25) is 0 Å². The summed E-state index contributed by atoms with van der Waals surface area (Å²) in [5.41, 5.74) is -0.140. The second kappa shape index (κ2) is 5.55. The molecule has 0 aliphatic rings. The van der Waals surface area contributed by atoms with Gasteiger partial charge < -0.3 is 9.84 Å². The van der Waals surface area contributed by atoms with E-state index in [1.807, 2.05) is 0 Å². The molecule has 0 bridgehead atoms. The third kappa shape index (κ3) is 3.04. The molecule has 21 heavy (non-hydrogen) atoms. The van der Waals surface area contributed by atoms with Crippen LogP contribution in [-0.4, -0.2) is 35.0 Å². The minimum absolute atomic E-state index is 0.140. The molecule has 1 heterocycles. The third-order valence-corrected chi connectivity index (χ3v) is 2.71. The Labute approximate surface area is 116 Å². The molecule has 0 saturated heterocycles. The smallest absolute Gasteiger partial charge is 0.340 e. The number of aromatic nitrogens is 1. The summed E-state index contributed by atoms with van der Waals surface area (Å²) in [5.74, 6) is -5.88. The highest BCUT2D eigenvalue weighted by Gasteiger charge is 2.42. The molecule has 8 heteroatoms. The van der Waals surface area contributed by atoms with Crippen LogP contribution in [0.5, 0.6) is 5.88 Å². The van der Waals surface area contributed by atoms with Gasteiger partial charge in [-0.25, -0.2) is 18.6 Å². The van der Waals surface area contributed by atoms with Crippen LogP contribution in [0, 0.1) is 0 Å². The molecule has 4 nitrogen and oxygen atoms in total. The second-order valence-electron chi connectivity index (χ2n) is 4.18. The average Bonchev–Trinajstić information content (AvgIpc) is 2.44. The number of aromatic carboxylic acids is 1. The number of carboxylic acid groups (broad SMARTS) is 1. The van der Waals surface area contributed by atoms with Crippen LogP contribution in [0.15, 0.2) is 30.5 Å². The van der Waals surface area contributed by atoms with E-state index in [9.17, 15) is 22.4 Å². The normalized spacial score (nSPS) is 11.9. The minimum atomic E-state index is -4.31. The molecule has 0 spiro atoms. The number of hydrogen-bond donors (Lipinski definition) is 1. The van der Waals surface area contributed by atoms with Crippen LogP contribution in [0.3, 0.4) is 0 Å². The summed E-state index contributed by atoms with van der Waals surface area (Å²) in [6.07, 6.45) is -2.93. The van der Waals surface area contributed by atoms with Crippen molar-refractivity contribution in [3.05, 3.63) is 36.0 Å². The molecular weight excluding hydrogens is 294 g/mol. The van der Waals surface area contributed by atoms with Gasteiger partial charge in [0, 0.05) is 17.0 Å². The van der Waals surface area contributed by atoms with Crippen molar-refractivity contribution in [3.63, 3.8) is 0 Å². The Kier molecular flexibility index (Phi) is 3.97. The molecule has 2 aromatic rings. The lowest BCUT2D eigenvalue weighted by Crippen LogP contribution is -2.34. The van der Waals surface area contributed by atoms with Crippen LogP contribution < -0.4 is 4.74 Å². The molecule has 0 aliphatic carbocycles. The van der Waals surface area contributed by atoms with Gasteiger partial charge in [-0.15, -0.1) is 0 Å². The topological polar surface area (TPSA) is 59.4 Å². The van der Waals surface area contributed by atoms with Gasteiger partial charge in [0.1, 0.15) is 0 Å². The molecule has 1 aromatic heterocycles. The molecule has 0 radical (unpaired) electrons. The van der Waals surface area contributed by atoms with Crippen molar-refractivity contribution >= 4 is 16.7 Å². The number of ether oxygens (including phenoxy) is 1. The number of rotatable bonds is 5. The number of carboxylic acids is 1. The van der Waals surface area contributed by atoms with E-state index >= 15 is 0 Å². The number of nitrogens with zero attached hydrogens (tertiary/aromatic N) is 1. The van der Waals surface area contributed by atoms with Crippen molar-refractivity contribution in [2.75, 3.05) is 6.61 Å². The fourth-order valence-electron chi connectivity index (χ4n) is 1.68. The summed E-state index contributed by atoms with van der Waals surface area (Å²) in [4.78, 5) is 14.6. The maximum absolute atomic E-state index is 12.8. The first kappa shape index (κ1) is 15.0. The number of fused-ring (bicyclic) bond motifs is 1. The van der Waals surface area contributed by atoms with Crippen LogP contribution >= 0.6 is 0 Å². The number of pyridine rings is 1. The summed E-state index contributed by atoms with van der Waals surface area (Å²) >= 11 is 0. The van der Waals surface area contributed by atoms with Crippen molar-refractivity contribution in [2.45, 2.75) is 12.3 Å². The first-order valence-electron chi connectivity index (χ1n) is 5.72. The average molecular weight is 303 g/mol. The van der Waals surface area contributed by atoms with Crippen molar-refractivity contribution in [1.29, 1.82) is 0 Å². The third-order valence-electron chi connectivity index (χ3n) is 2.71. The zero-order valence-corrected chi connectivity index (χ0v) is 10.4. The first-order valence-corrected chi connectivity index (χ1v) is 5.72. The van der Waals surface area contributed by atoms with Crippen molar-refractivity contribution in [3.8, 4) is 5.88 Å². The van der Waals surface area contributed by atoms with Crippen LogP contribution in [0.2, 0.25) is 0 Å². The first-order chi connectivity index (χ1) is 9.83. The number of halogens is 4. The van der Waals surface area contributed by atoms with E-state index in [0.717, 1.165) is 6.20 Å². The summed E-state index contributed by atoms with van der Waals surface area (Å²) in [7, 11) is 0. The fourth-order valence-corrected chi connectivity index (χ4v) is 1.68. The highest BCUT2D eigenvalue weighted by molar-refractivity contribution is 6.04. The number of benzene rings is 1. The Bertz CT molecular complexity index is 676. The molecule has 0 unspecified atom stereocenters. The zero-order chi connectivity index (χ0) is 15.6. The summed E-state index contributed by atoms with van der Waals surface area (Å²) in [6.45, 7) is -1.55.